The summed E-state index contributed by atoms with van der Waals surface area (Å²) in [6, 6.07) is 7.59. The second-order valence-corrected chi connectivity index (χ2v) is 4.71. The molecule has 102 valence electrons. The summed E-state index contributed by atoms with van der Waals surface area (Å²) in [5.41, 5.74) is 0.693. The highest BCUT2D eigenvalue weighted by Gasteiger charge is 2.35. The highest BCUT2D eigenvalue weighted by molar-refractivity contribution is 6.16. The maximum Gasteiger partial charge on any atom is 0.257 e. The number of carbonyl (C=O) groups is 1. The van der Waals surface area contributed by atoms with Crippen molar-refractivity contribution in [3.05, 3.63) is 30.5 Å². The maximum absolute atomic E-state index is 12.4. The molecule has 6 heteroatoms. The third-order valence-electron chi connectivity index (χ3n) is 3.44. The quantitative estimate of drug-likeness (QED) is 0.913. The molecule has 2 aromatic rings. The molecule has 1 N–H and O–H groups in total. The van der Waals surface area contributed by atoms with E-state index >= 15 is 0 Å². The van der Waals surface area contributed by atoms with Gasteiger partial charge in [0, 0.05) is 23.1 Å². The molecule has 1 atom stereocenters. The Hall–Kier alpha value is -2.34. The first kappa shape index (κ1) is 12.7. The molecule has 0 spiro atoms. The first-order valence-electron chi connectivity index (χ1n) is 6.42. The Morgan fingerprint density at radius 2 is 2.15 bits per heavy atom. The summed E-state index contributed by atoms with van der Waals surface area (Å²) in [5.74, 6) is -0.101. The van der Waals surface area contributed by atoms with Gasteiger partial charge in [-0.1, -0.05) is 24.3 Å². The number of rotatable bonds is 3. The fraction of sp³-hybridized carbons (Fsp3) is 0.286. The fourth-order valence-corrected chi connectivity index (χ4v) is 2.39. The van der Waals surface area contributed by atoms with Crippen LogP contribution in [0.15, 0.2) is 35.6 Å². The normalized spacial score (nSPS) is 18.7. The van der Waals surface area contributed by atoms with Crippen LogP contribution in [-0.2, 0) is 4.79 Å². The molecule has 1 aliphatic heterocycles. The van der Waals surface area contributed by atoms with Gasteiger partial charge in [-0.3, -0.25) is 4.79 Å². The van der Waals surface area contributed by atoms with Crippen molar-refractivity contribution in [3.63, 3.8) is 0 Å². The van der Waals surface area contributed by atoms with Gasteiger partial charge in [-0.05, 0) is 13.3 Å². The highest BCUT2D eigenvalue weighted by Crippen LogP contribution is 2.29. The average Bonchev–Trinajstić information content (AvgIpc) is 2.75. The molecule has 0 saturated heterocycles. The molecule has 0 aliphatic carbocycles. The number of aromatic nitrogens is 2. The smallest absolute Gasteiger partial charge is 0.257 e. The molecule has 6 nitrogen and oxygen atoms in total. The molecule has 1 aliphatic rings. The number of aliphatic hydroxyl groups is 1. The topological polar surface area (TPSA) is 78.7 Å². The Bertz CT molecular complexity index is 693. The number of hydrazone groups is 1. The Morgan fingerprint density at radius 3 is 2.95 bits per heavy atom. The van der Waals surface area contributed by atoms with E-state index in [0.717, 1.165) is 10.8 Å². The van der Waals surface area contributed by atoms with Crippen LogP contribution in [0.5, 0.6) is 0 Å². The monoisotopic (exact) mass is 270 g/mol. The largest absolute Gasteiger partial charge is 0.396 e. The number of aliphatic hydroxyl groups excluding tert-OH is 1. The Labute approximate surface area is 115 Å². The first-order valence-corrected chi connectivity index (χ1v) is 6.42. The van der Waals surface area contributed by atoms with Gasteiger partial charge in [0.1, 0.15) is 0 Å². The van der Waals surface area contributed by atoms with Crippen molar-refractivity contribution in [2.45, 2.75) is 13.3 Å². The van der Waals surface area contributed by atoms with E-state index in [1.165, 1.54) is 5.01 Å². The zero-order valence-electron chi connectivity index (χ0n) is 11.0. The number of amides is 1. The molecule has 1 unspecified atom stereocenters. The SMILES string of the molecule is CC1=NN(c2nncc3ccccc23)C(=O)C1CCO. The number of carbonyl (C=O) groups excluding carboxylic acids is 1. The molecule has 0 fully saturated rings. The lowest BCUT2D eigenvalue weighted by Gasteiger charge is -2.14. The van der Waals surface area contributed by atoms with E-state index in [-0.39, 0.29) is 18.4 Å². The lowest BCUT2D eigenvalue weighted by Crippen LogP contribution is -2.28. The summed E-state index contributed by atoms with van der Waals surface area (Å²) in [4.78, 5) is 12.4. The van der Waals surface area contributed by atoms with Gasteiger partial charge in [0.05, 0.1) is 12.1 Å². The predicted molar refractivity (Wildman–Crippen MR) is 75.3 cm³/mol. The molecule has 0 bridgehead atoms. The fourth-order valence-electron chi connectivity index (χ4n) is 2.39. The molecule has 1 aromatic heterocycles. The molecular weight excluding hydrogens is 256 g/mol. The summed E-state index contributed by atoms with van der Waals surface area (Å²) in [5, 5.41) is 24.3. The average molecular weight is 270 g/mol. The highest BCUT2D eigenvalue weighted by atomic mass is 16.3. The predicted octanol–water partition coefficient (Wildman–Crippen LogP) is 1.35. The van der Waals surface area contributed by atoms with Crippen molar-refractivity contribution in [1.29, 1.82) is 0 Å². The van der Waals surface area contributed by atoms with E-state index < -0.39 is 0 Å². The third kappa shape index (κ3) is 1.94. The first-order chi connectivity index (χ1) is 9.72. The van der Waals surface area contributed by atoms with Crippen molar-refractivity contribution < 1.29 is 9.90 Å². The van der Waals surface area contributed by atoms with Crippen LogP contribution in [0.25, 0.3) is 10.8 Å². The summed E-state index contributed by atoms with van der Waals surface area (Å²) in [6.45, 7) is 1.75. The lowest BCUT2D eigenvalue weighted by molar-refractivity contribution is -0.120. The second kappa shape index (κ2) is 4.97. The standard InChI is InChI=1S/C14H14N4O2/c1-9-11(6-7-19)14(20)18(17-9)13-12-5-3-2-4-10(12)8-15-16-13/h2-5,8,11,19H,6-7H2,1H3. The van der Waals surface area contributed by atoms with Gasteiger partial charge in [0.15, 0.2) is 5.82 Å². The molecule has 2 heterocycles. The van der Waals surface area contributed by atoms with Crippen LogP contribution >= 0.6 is 0 Å². The van der Waals surface area contributed by atoms with Crippen molar-refractivity contribution in [1.82, 2.24) is 10.2 Å². The molecule has 20 heavy (non-hydrogen) atoms. The summed E-state index contributed by atoms with van der Waals surface area (Å²) in [6.07, 6.45) is 2.03. The molecule has 1 aromatic carbocycles. The van der Waals surface area contributed by atoms with Crippen LogP contribution in [0.2, 0.25) is 0 Å². The van der Waals surface area contributed by atoms with Crippen molar-refractivity contribution in [2.24, 2.45) is 11.0 Å². The van der Waals surface area contributed by atoms with E-state index in [1.54, 1.807) is 13.1 Å². The van der Waals surface area contributed by atoms with Crippen LogP contribution < -0.4 is 5.01 Å². The molecule has 0 radical (unpaired) electrons. The Morgan fingerprint density at radius 1 is 1.35 bits per heavy atom. The zero-order valence-corrected chi connectivity index (χ0v) is 11.0. The van der Waals surface area contributed by atoms with Gasteiger partial charge in [0.2, 0.25) is 0 Å². The second-order valence-electron chi connectivity index (χ2n) is 4.71. The van der Waals surface area contributed by atoms with E-state index in [4.69, 9.17) is 5.11 Å². The third-order valence-corrected chi connectivity index (χ3v) is 3.44. The summed E-state index contributed by atoms with van der Waals surface area (Å²) in [7, 11) is 0. The van der Waals surface area contributed by atoms with Gasteiger partial charge >= 0.3 is 0 Å². The molecule has 0 saturated carbocycles. The van der Waals surface area contributed by atoms with E-state index in [1.807, 2.05) is 24.3 Å². The number of hydrogen-bond donors (Lipinski definition) is 1. The number of fused-ring (bicyclic) bond motifs is 1. The molecule has 3 rings (SSSR count). The maximum atomic E-state index is 12.4. The van der Waals surface area contributed by atoms with Gasteiger partial charge in [-0.15, -0.1) is 5.10 Å². The van der Waals surface area contributed by atoms with Crippen LogP contribution in [0.3, 0.4) is 0 Å². The number of anilines is 1. The minimum absolute atomic E-state index is 0.0433. The minimum atomic E-state index is -0.374. The van der Waals surface area contributed by atoms with Crippen LogP contribution in [0.4, 0.5) is 5.82 Å². The van der Waals surface area contributed by atoms with E-state index in [9.17, 15) is 4.79 Å². The zero-order chi connectivity index (χ0) is 14.1. The molecular formula is C14H14N4O2. The van der Waals surface area contributed by atoms with Crippen molar-refractivity contribution in [2.75, 3.05) is 11.6 Å². The van der Waals surface area contributed by atoms with E-state index in [0.29, 0.717) is 18.0 Å². The number of hydrogen-bond acceptors (Lipinski definition) is 5. The Kier molecular flexibility index (Phi) is 3.15. The van der Waals surface area contributed by atoms with Gasteiger partial charge in [0.25, 0.3) is 5.91 Å². The summed E-state index contributed by atoms with van der Waals surface area (Å²) < 4.78 is 0. The van der Waals surface area contributed by atoms with Gasteiger partial charge < -0.3 is 5.11 Å². The van der Waals surface area contributed by atoms with Crippen LogP contribution in [0.1, 0.15) is 13.3 Å². The van der Waals surface area contributed by atoms with E-state index in [2.05, 4.69) is 15.3 Å². The Balaban J connectivity index is 2.07. The van der Waals surface area contributed by atoms with Crippen LogP contribution in [0, 0.1) is 5.92 Å². The van der Waals surface area contributed by atoms with Crippen molar-refractivity contribution >= 4 is 28.2 Å². The van der Waals surface area contributed by atoms with Gasteiger partial charge in [-0.2, -0.15) is 15.2 Å². The van der Waals surface area contributed by atoms with Crippen LogP contribution in [-0.4, -0.2) is 33.5 Å². The lowest BCUT2D eigenvalue weighted by atomic mass is 10.0. The van der Waals surface area contributed by atoms with Crippen molar-refractivity contribution in [3.8, 4) is 0 Å². The molecule has 1 amide bonds. The number of nitrogens with zero attached hydrogens (tertiary/aromatic N) is 4. The summed E-state index contributed by atoms with van der Waals surface area (Å²) >= 11 is 0. The van der Waals surface area contributed by atoms with Gasteiger partial charge in [-0.25, -0.2) is 0 Å². The minimum Gasteiger partial charge on any atom is -0.396 e. The number of benzene rings is 1.